The number of carbonyl (C=O) groups excluding carboxylic acids is 1. The van der Waals surface area contributed by atoms with Crippen molar-refractivity contribution in [3.8, 4) is 23.0 Å². The van der Waals surface area contributed by atoms with Crippen molar-refractivity contribution in [1.82, 2.24) is 0 Å². The predicted molar refractivity (Wildman–Crippen MR) is 121 cm³/mol. The van der Waals surface area contributed by atoms with Gasteiger partial charge >= 0.3 is 0 Å². The Balaban J connectivity index is 1.79. The fourth-order valence-electron chi connectivity index (χ4n) is 3.08. The minimum atomic E-state index is -0.238. The van der Waals surface area contributed by atoms with Crippen LogP contribution >= 0.6 is 0 Å². The maximum absolute atomic E-state index is 12.9. The molecule has 0 saturated heterocycles. The number of hydrogen-bond acceptors (Lipinski definition) is 5. The summed E-state index contributed by atoms with van der Waals surface area (Å²) in [5.74, 6) is 2.50. The number of carbonyl (C=O) groups is 1. The van der Waals surface area contributed by atoms with E-state index in [1.807, 2.05) is 56.3 Å². The third kappa shape index (κ3) is 5.69. The highest BCUT2D eigenvalue weighted by molar-refractivity contribution is 6.05. The second kappa shape index (κ2) is 10.4. The van der Waals surface area contributed by atoms with Crippen LogP contribution < -0.4 is 24.3 Å². The van der Waals surface area contributed by atoms with Crippen molar-refractivity contribution < 1.29 is 23.7 Å². The van der Waals surface area contributed by atoms with Crippen LogP contribution in [0.15, 0.2) is 60.7 Å². The van der Waals surface area contributed by atoms with E-state index in [4.69, 9.17) is 18.9 Å². The number of rotatable bonds is 9. The third-order valence-corrected chi connectivity index (χ3v) is 4.68. The Morgan fingerprint density at radius 2 is 1.55 bits per heavy atom. The molecule has 0 aliphatic rings. The van der Waals surface area contributed by atoms with Crippen molar-refractivity contribution >= 4 is 11.6 Å². The maximum Gasteiger partial charge on any atom is 0.255 e. The highest BCUT2D eigenvalue weighted by atomic mass is 16.5. The lowest BCUT2D eigenvalue weighted by molar-refractivity contribution is 0.102. The first-order valence-corrected chi connectivity index (χ1v) is 10.0. The molecule has 0 heterocycles. The van der Waals surface area contributed by atoms with E-state index in [1.165, 1.54) is 0 Å². The molecular formula is C25H27NO5. The van der Waals surface area contributed by atoms with Crippen LogP contribution in [0.25, 0.3) is 0 Å². The van der Waals surface area contributed by atoms with Gasteiger partial charge in [0.2, 0.25) is 0 Å². The maximum atomic E-state index is 12.9. The van der Waals surface area contributed by atoms with Crippen LogP contribution in [0.1, 0.15) is 28.4 Å². The van der Waals surface area contributed by atoms with Crippen LogP contribution in [-0.2, 0) is 6.61 Å². The van der Waals surface area contributed by atoms with E-state index < -0.39 is 0 Å². The fraction of sp³-hybridized carbons (Fsp3) is 0.240. The molecule has 6 heteroatoms. The number of anilines is 1. The van der Waals surface area contributed by atoms with Crippen LogP contribution in [0.5, 0.6) is 23.0 Å². The molecule has 0 bridgehead atoms. The molecule has 0 radical (unpaired) electrons. The second-order valence-corrected chi connectivity index (χ2v) is 6.88. The monoisotopic (exact) mass is 421 g/mol. The van der Waals surface area contributed by atoms with Crippen molar-refractivity contribution in [3.05, 3.63) is 77.4 Å². The van der Waals surface area contributed by atoms with E-state index in [0.717, 1.165) is 16.9 Å². The number of hydrogen-bond donors (Lipinski definition) is 1. The number of nitrogens with one attached hydrogen (secondary N) is 1. The molecule has 0 unspecified atom stereocenters. The van der Waals surface area contributed by atoms with Gasteiger partial charge in [0.05, 0.1) is 26.5 Å². The topological polar surface area (TPSA) is 66.0 Å². The summed E-state index contributed by atoms with van der Waals surface area (Å²) in [6.07, 6.45) is 0. The molecule has 0 aromatic heterocycles. The summed E-state index contributed by atoms with van der Waals surface area (Å²) < 4.78 is 22.1. The number of benzene rings is 3. The highest BCUT2D eigenvalue weighted by Crippen LogP contribution is 2.27. The van der Waals surface area contributed by atoms with Gasteiger partial charge in [-0.1, -0.05) is 6.07 Å². The first-order chi connectivity index (χ1) is 15.0. The van der Waals surface area contributed by atoms with E-state index in [1.54, 1.807) is 32.4 Å². The van der Waals surface area contributed by atoms with Crippen molar-refractivity contribution in [2.45, 2.75) is 20.5 Å². The molecule has 0 aliphatic heterocycles. The molecule has 31 heavy (non-hydrogen) atoms. The number of amides is 1. The van der Waals surface area contributed by atoms with E-state index in [2.05, 4.69) is 5.32 Å². The lowest BCUT2D eigenvalue weighted by atomic mass is 10.1. The van der Waals surface area contributed by atoms with Gasteiger partial charge < -0.3 is 24.3 Å². The summed E-state index contributed by atoms with van der Waals surface area (Å²) in [6, 6.07) is 18.3. The van der Waals surface area contributed by atoms with Crippen molar-refractivity contribution in [3.63, 3.8) is 0 Å². The van der Waals surface area contributed by atoms with Crippen molar-refractivity contribution in [1.29, 1.82) is 0 Å². The second-order valence-electron chi connectivity index (χ2n) is 6.88. The smallest absolute Gasteiger partial charge is 0.255 e. The SMILES string of the molecule is CCOc1ccc(C(=O)Nc2cc(C)ccc2OC)cc1COc1ccc(OC)cc1. The molecule has 162 valence electrons. The van der Waals surface area contributed by atoms with Crippen molar-refractivity contribution in [2.24, 2.45) is 0 Å². The average molecular weight is 421 g/mol. The molecule has 1 amide bonds. The lowest BCUT2D eigenvalue weighted by Crippen LogP contribution is -2.14. The molecule has 1 N–H and O–H groups in total. The highest BCUT2D eigenvalue weighted by Gasteiger charge is 2.14. The van der Waals surface area contributed by atoms with Crippen LogP contribution in [0.4, 0.5) is 5.69 Å². The molecule has 0 atom stereocenters. The molecule has 0 spiro atoms. The first-order valence-electron chi connectivity index (χ1n) is 10.0. The Morgan fingerprint density at radius 3 is 2.23 bits per heavy atom. The van der Waals surface area contributed by atoms with E-state index in [9.17, 15) is 4.79 Å². The molecule has 6 nitrogen and oxygen atoms in total. The fourth-order valence-corrected chi connectivity index (χ4v) is 3.08. The van der Waals surface area contributed by atoms with Gasteiger partial charge in [-0.25, -0.2) is 0 Å². The van der Waals surface area contributed by atoms with Gasteiger partial charge in [-0.05, 0) is 74.0 Å². The van der Waals surface area contributed by atoms with Gasteiger partial charge in [-0.2, -0.15) is 0 Å². The minimum Gasteiger partial charge on any atom is -0.497 e. The number of aryl methyl sites for hydroxylation is 1. The molecule has 0 saturated carbocycles. The Bertz CT molecular complexity index is 1030. The van der Waals surface area contributed by atoms with Gasteiger partial charge in [0.15, 0.2) is 0 Å². The van der Waals surface area contributed by atoms with Crippen LogP contribution in [0.3, 0.4) is 0 Å². The molecule has 3 aromatic carbocycles. The standard InChI is InChI=1S/C25H27NO5/c1-5-30-23-13-7-18(25(27)26-22-14-17(2)6-12-24(22)29-4)15-19(23)16-31-21-10-8-20(28-3)9-11-21/h6-15H,5,16H2,1-4H3,(H,26,27). The van der Waals surface area contributed by atoms with Crippen molar-refractivity contribution in [2.75, 3.05) is 26.1 Å². The molecule has 0 aliphatic carbocycles. The lowest BCUT2D eigenvalue weighted by Gasteiger charge is -2.15. The van der Waals surface area contributed by atoms with E-state index in [-0.39, 0.29) is 12.5 Å². The Hall–Kier alpha value is -3.67. The summed E-state index contributed by atoms with van der Waals surface area (Å²) in [4.78, 5) is 12.9. The zero-order valence-electron chi connectivity index (χ0n) is 18.2. The quantitative estimate of drug-likeness (QED) is 0.512. The third-order valence-electron chi connectivity index (χ3n) is 4.68. The minimum absolute atomic E-state index is 0.238. The van der Waals surface area contributed by atoms with Gasteiger partial charge in [0, 0.05) is 11.1 Å². The predicted octanol–water partition coefficient (Wildman–Crippen LogP) is 5.24. The summed E-state index contributed by atoms with van der Waals surface area (Å²) >= 11 is 0. The van der Waals surface area contributed by atoms with Crippen LogP contribution in [-0.4, -0.2) is 26.7 Å². The first kappa shape index (κ1) is 22.0. The average Bonchev–Trinajstić information content (AvgIpc) is 2.79. The van der Waals surface area contributed by atoms with Gasteiger partial charge in [-0.3, -0.25) is 4.79 Å². The van der Waals surface area contributed by atoms with Gasteiger partial charge in [0.25, 0.3) is 5.91 Å². The molecular weight excluding hydrogens is 394 g/mol. The Kier molecular flexibility index (Phi) is 7.38. The normalized spacial score (nSPS) is 10.3. The zero-order valence-corrected chi connectivity index (χ0v) is 18.2. The van der Waals surface area contributed by atoms with E-state index in [0.29, 0.717) is 35.1 Å². The summed E-state index contributed by atoms with van der Waals surface area (Å²) in [7, 11) is 3.19. The molecule has 3 rings (SSSR count). The Morgan fingerprint density at radius 1 is 0.839 bits per heavy atom. The van der Waals surface area contributed by atoms with Gasteiger partial charge in [0.1, 0.15) is 29.6 Å². The molecule has 0 fully saturated rings. The van der Waals surface area contributed by atoms with Crippen LogP contribution in [0.2, 0.25) is 0 Å². The molecule has 3 aromatic rings. The largest absolute Gasteiger partial charge is 0.497 e. The number of ether oxygens (including phenoxy) is 4. The summed E-state index contributed by atoms with van der Waals surface area (Å²) in [5.41, 5.74) is 2.93. The van der Waals surface area contributed by atoms with E-state index >= 15 is 0 Å². The zero-order chi connectivity index (χ0) is 22.2. The Labute approximate surface area is 182 Å². The summed E-state index contributed by atoms with van der Waals surface area (Å²) in [6.45, 7) is 4.65. The van der Waals surface area contributed by atoms with Gasteiger partial charge in [-0.15, -0.1) is 0 Å². The van der Waals surface area contributed by atoms with Crippen LogP contribution in [0, 0.1) is 6.92 Å². The number of methoxy groups -OCH3 is 2. The summed E-state index contributed by atoms with van der Waals surface area (Å²) in [5, 5.41) is 2.92.